The Morgan fingerprint density at radius 3 is 2.33 bits per heavy atom. The molecule has 0 aliphatic carbocycles. The number of hydrogen-bond acceptors (Lipinski definition) is 6. The zero-order valence-electron chi connectivity index (χ0n) is 15.5. The van der Waals surface area contributed by atoms with Gasteiger partial charge in [0.1, 0.15) is 5.60 Å². The highest BCUT2D eigenvalue weighted by atomic mass is 32.2. The van der Waals surface area contributed by atoms with Crippen LogP contribution >= 0.6 is 11.8 Å². The second-order valence-corrected chi connectivity index (χ2v) is 7.73. The van der Waals surface area contributed by atoms with Gasteiger partial charge in [-0.05, 0) is 40.5 Å². The number of nitrogens with one attached hydrogen (secondary N) is 1. The van der Waals surface area contributed by atoms with E-state index in [4.69, 9.17) is 9.47 Å². The first-order chi connectivity index (χ1) is 11.2. The molecule has 0 rings (SSSR count). The molecule has 0 radical (unpaired) electrons. The molecule has 0 saturated heterocycles. The Balaban J connectivity index is 3.96. The molecule has 0 heterocycles. The minimum absolute atomic E-state index is 0.00543. The molecule has 7 heteroatoms. The van der Waals surface area contributed by atoms with Crippen molar-refractivity contribution in [3.8, 4) is 0 Å². The Kier molecular flexibility index (Phi) is 11.5. The van der Waals surface area contributed by atoms with Crippen LogP contribution in [0.1, 0.15) is 60.3 Å². The van der Waals surface area contributed by atoms with Crippen LogP contribution in [0.4, 0.5) is 4.79 Å². The molecule has 0 bridgehead atoms. The molecule has 1 unspecified atom stereocenters. The predicted octanol–water partition coefficient (Wildman–Crippen LogP) is 3.53. The quantitative estimate of drug-likeness (QED) is 0.473. The largest absolute Gasteiger partial charge is 0.466 e. The van der Waals surface area contributed by atoms with Crippen molar-refractivity contribution in [1.82, 2.24) is 5.32 Å². The third-order valence-corrected chi connectivity index (χ3v) is 3.98. The number of hydrogen-bond donors (Lipinski definition) is 1. The average Bonchev–Trinajstić information content (AvgIpc) is 2.43. The topological polar surface area (TPSA) is 81.7 Å². The van der Waals surface area contributed by atoms with Gasteiger partial charge in [0, 0.05) is 19.2 Å². The predicted molar refractivity (Wildman–Crippen MR) is 96.0 cm³/mol. The molecular formula is C17H31NO5S. The van der Waals surface area contributed by atoms with E-state index in [0.29, 0.717) is 25.3 Å². The molecule has 0 aliphatic heterocycles. The fourth-order valence-electron chi connectivity index (χ4n) is 1.94. The maximum absolute atomic E-state index is 11.9. The SMILES string of the molecule is CCOC(=O)C(CCCCCNC(=O)OC(C)(C)C)CSC(C)=O. The smallest absolute Gasteiger partial charge is 0.407 e. The Bertz CT molecular complexity index is 406. The first kappa shape index (κ1) is 22.8. The molecule has 0 spiro atoms. The number of ether oxygens (including phenoxy) is 2. The molecule has 24 heavy (non-hydrogen) atoms. The molecule has 0 fully saturated rings. The van der Waals surface area contributed by atoms with Crippen LogP contribution in [0.25, 0.3) is 0 Å². The summed E-state index contributed by atoms with van der Waals surface area (Å²) in [5, 5.41) is 2.71. The summed E-state index contributed by atoms with van der Waals surface area (Å²) >= 11 is 1.16. The van der Waals surface area contributed by atoms with E-state index in [1.165, 1.54) is 6.92 Å². The zero-order valence-corrected chi connectivity index (χ0v) is 16.3. The number of thioether (sulfide) groups is 1. The van der Waals surface area contributed by atoms with Crippen LogP contribution in [-0.2, 0) is 19.1 Å². The minimum Gasteiger partial charge on any atom is -0.466 e. The van der Waals surface area contributed by atoms with Gasteiger partial charge in [-0.2, -0.15) is 0 Å². The fraction of sp³-hybridized carbons (Fsp3) is 0.824. The lowest BCUT2D eigenvalue weighted by Crippen LogP contribution is -2.33. The normalized spacial score (nSPS) is 12.4. The molecule has 0 aliphatic rings. The van der Waals surface area contributed by atoms with Crippen molar-refractivity contribution in [2.75, 3.05) is 18.9 Å². The second-order valence-electron chi connectivity index (χ2n) is 6.53. The Morgan fingerprint density at radius 2 is 1.79 bits per heavy atom. The Labute approximate surface area is 149 Å². The van der Waals surface area contributed by atoms with Gasteiger partial charge in [-0.25, -0.2) is 4.79 Å². The minimum atomic E-state index is -0.495. The fourth-order valence-corrected chi connectivity index (χ4v) is 2.68. The van der Waals surface area contributed by atoms with Crippen LogP contribution < -0.4 is 5.32 Å². The summed E-state index contributed by atoms with van der Waals surface area (Å²) in [6.45, 7) is 9.62. The first-order valence-corrected chi connectivity index (χ1v) is 9.41. The van der Waals surface area contributed by atoms with Crippen molar-refractivity contribution in [2.24, 2.45) is 5.92 Å². The van der Waals surface area contributed by atoms with E-state index in [-0.39, 0.29) is 17.0 Å². The van der Waals surface area contributed by atoms with Crippen molar-refractivity contribution in [2.45, 2.75) is 65.9 Å². The summed E-state index contributed by atoms with van der Waals surface area (Å²) in [5.74, 6) is -0.0274. The lowest BCUT2D eigenvalue weighted by Gasteiger charge is -2.19. The van der Waals surface area contributed by atoms with Crippen molar-refractivity contribution in [1.29, 1.82) is 0 Å². The molecule has 1 N–H and O–H groups in total. The summed E-state index contributed by atoms with van der Waals surface area (Å²) in [5.41, 5.74) is -0.495. The molecule has 1 amide bonds. The van der Waals surface area contributed by atoms with E-state index >= 15 is 0 Å². The number of carbonyl (C=O) groups is 3. The van der Waals surface area contributed by atoms with Crippen LogP contribution in [0.15, 0.2) is 0 Å². The van der Waals surface area contributed by atoms with E-state index in [0.717, 1.165) is 31.0 Å². The van der Waals surface area contributed by atoms with Gasteiger partial charge in [-0.1, -0.05) is 24.6 Å². The number of rotatable bonds is 10. The number of carbonyl (C=O) groups excluding carboxylic acids is 3. The number of unbranched alkanes of at least 4 members (excludes halogenated alkanes) is 2. The molecule has 0 aromatic rings. The highest BCUT2D eigenvalue weighted by molar-refractivity contribution is 8.13. The summed E-state index contributed by atoms with van der Waals surface area (Å²) in [4.78, 5) is 34.4. The maximum atomic E-state index is 11.9. The van der Waals surface area contributed by atoms with Gasteiger partial charge in [0.25, 0.3) is 0 Å². The van der Waals surface area contributed by atoms with Crippen LogP contribution in [0.3, 0.4) is 0 Å². The molecule has 1 atom stereocenters. The van der Waals surface area contributed by atoms with Crippen molar-refractivity contribution < 1.29 is 23.9 Å². The van der Waals surface area contributed by atoms with E-state index in [1.807, 2.05) is 20.8 Å². The standard InChI is InChI=1S/C17H31NO5S/c1-6-22-15(20)14(12-24-13(2)19)10-8-7-9-11-18-16(21)23-17(3,4)5/h14H,6-12H2,1-5H3,(H,18,21). The lowest BCUT2D eigenvalue weighted by molar-refractivity contribution is -0.147. The molecule has 6 nitrogen and oxygen atoms in total. The van der Waals surface area contributed by atoms with Crippen LogP contribution in [-0.4, -0.2) is 41.7 Å². The van der Waals surface area contributed by atoms with Gasteiger partial charge in [-0.15, -0.1) is 0 Å². The van der Waals surface area contributed by atoms with Gasteiger partial charge in [0.15, 0.2) is 5.12 Å². The highest BCUT2D eigenvalue weighted by Gasteiger charge is 2.20. The monoisotopic (exact) mass is 361 g/mol. The van der Waals surface area contributed by atoms with E-state index in [1.54, 1.807) is 6.92 Å². The van der Waals surface area contributed by atoms with Gasteiger partial charge in [-0.3, -0.25) is 9.59 Å². The number of amides is 1. The lowest BCUT2D eigenvalue weighted by atomic mass is 10.0. The summed E-state index contributed by atoms with van der Waals surface area (Å²) in [6, 6.07) is 0. The number of esters is 1. The van der Waals surface area contributed by atoms with Crippen molar-refractivity contribution >= 4 is 28.9 Å². The molecular weight excluding hydrogens is 330 g/mol. The molecule has 0 aromatic carbocycles. The van der Waals surface area contributed by atoms with Gasteiger partial charge in [0.2, 0.25) is 0 Å². The molecule has 0 aromatic heterocycles. The third kappa shape index (κ3) is 13.2. The molecule has 140 valence electrons. The van der Waals surface area contributed by atoms with Crippen LogP contribution in [0, 0.1) is 5.92 Å². The van der Waals surface area contributed by atoms with Crippen molar-refractivity contribution in [3.63, 3.8) is 0 Å². The van der Waals surface area contributed by atoms with E-state index in [9.17, 15) is 14.4 Å². The van der Waals surface area contributed by atoms with E-state index in [2.05, 4.69) is 5.32 Å². The van der Waals surface area contributed by atoms with Gasteiger partial charge in [0.05, 0.1) is 12.5 Å². The summed E-state index contributed by atoms with van der Waals surface area (Å²) < 4.78 is 10.2. The first-order valence-electron chi connectivity index (χ1n) is 8.42. The van der Waals surface area contributed by atoms with Gasteiger partial charge >= 0.3 is 12.1 Å². The molecule has 0 saturated carbocycles. The number of alkyl carbamates (subject to hydrolysis) is 1. The zero-order chi connectivity index (χ0) is 18.6. The third-order valence-electron chi connectivity index (χ3n) is 3.01. The summed E-state index contributed by atoms with van der Waals surface area (Å²) in [6.07, 6.45) is 2.82. The Morgan fingerprint density at radius 1 is 1.12 bits per heavy atom. The van der Waals surface area contributed by atoms with Crippen molar-refractivity contribution in [3.05, 3.63) is 0 Å². The maximum Gasteiger partial charge on any atom is 0.407 e. The highest BCUT2D eigenvalue weighted by Crippen LogP contribution is 2.18. The van der Waals surface area contributed by atoms with Crippen LogP contribution in [0.5, 0.6) is 0 Å². The Hall–Kier alpha value is -1.24. The van der Waals surface area contributed by atoms with Crippen LogP contribution in [0.2, 0.25) is 0 Å². The average molecular weight is 362 g/mol. The van der Waals surface area contributed by atoms with Gasteiger partial charge < -0.3 is 14.8 Å². The van der Waals surface area contributed by atoms with E-state index < -0.39 is 11.7 Å². The summed E-state index contributed by atoms with van der Waals surface area (Å²) in [7, 11) is 0. The second kappa shape index (κ2) is 12.2.